The van der Waals surface area contributed by atoms with Crippen molar-refractivity contribution < 1.29 is 14.3 Å². The second-order valence-corrected chi connectivity index (χ2v) is 5.91. The molecule has 3 rings (SSSR count). The molecule has 2 aromatic carbocycles. The summed E-state index contributed by atoms with van der Waals surface area (Å²) in [5.74, 6) is 0.344. The number of halogens is 1. The summed E-state index contributed by atoms with van der Waals surface area (Å²) in [6.07, 6.45) is 0. The van der Waals surface area contributed by atoms with E-state index in [9.17, 15) is 9.59 Å². The molecular weight excluding hydrogens is 381 g/mol. The van der Waals surface area contributed by atoms with E-state index in [4.69, 9.17) is 4.74 Å². The Labute approximate surface area is 135 Å². The van der Waals surface area contributed by atoms with Crippen molar-refractivity contribution in [1.29, 1.82) is 0 Å². The van der Waals surface area contributed by atoms with Crippen LogP contribution >= 0.6 is 22.6 Å². The lowest BCUT2D eigenvalue weighted by Crippen LogP contribution is -2.41. The zero-order chi connectivity index (χ0) is 14.8. The van der Waals surface area contributed by atoms with E-state index < -0.39 is 0 Å². The Hall–Kier alpha value is -1.89. The minimum absolute atomic E-state index is 0.0276. The van der Waals surface area contributed by atoms with Crippen LogP contribution in [-0.4, -0.2) is 24.8 Å². The van der Waals surface area contributed by atoms with Gasteiger partial charge in [-0.15, -0.1) is 0 Å². The molecule has 0 atom stereocenters. The maximum absolute atomic E-state index is 12.3. The van der Waals surface area contributed by atoms with E-state index in [1.165, 1.54) is 4.90 Å². The summed E-state index contributed by atoms with van der Waals surface area (Å²) in [6, 6.07) is 14.6. The quantitative estimate of drug-likeness (QED) is 0.595. The molecule has 0 fully saturated rings. The highest BCUT2D eigenvalue weighted by Crippen LogP contribution is 2.31. The normalized spacial score (nSPS) is 13.6. The molecule has 0 saturated heterocycles. The number of hydrogen-bond acceptors (Lipinski definition) is 3. The smallest absolute Gasteiger partial charge is 0.265 e. The molecule has 2 aromatic rings. The lowest BCUT2D eigenvalue weighted by Gasteiger charge is -2.28. The Morgan fingerprint density at radius 2 is 1.86 bits per heavy atom. The van der Waals surface area contributed by atoms with E-state index in [-0.39, 0.29) is 24.8 Å². The van der Waals surface area contributed by atoms with Gasteiger partial charge in [-0.25, -0.2) is 0 Å². The van der Waals surface area contributed by atoms with Crippen molar-refractivity contribution in [2.24, 2.45) is 0 Å². The van der Waals surface area contributed by atoms with Gasteiger partial charge in [0.15, 0.2) is 12.4 Å². The molecule has 0 unspecified atom stereocenters. The van der Waals surface area contributed by atoms with Gasteiger partial charge < -0.3 is 4.74 Å². The molecule has 0 aromatic heterocycles. The van der Waals surface area contributed by atoms with Gasteiger partial charge in [0.1, 0.15) is 5.75 Å². The first-order valence-electron chi connectivity index (χ1n) is 6.46. The molecule has 1 aliphatic rings. The van der Waals surface area contributed by atoms with Gasteiger partial charge in [0, 0.05) is 9.13 Å². The third-order valence-corrected chi connectivity index (χ3v) is 4.00. The molecule has 21 heavy (non-hydrogen) atoms. The summed E-state index contributed by atoms with van der Waals surface area (Å²) in [7, 11) is 0. The zero-order valence-corrected chi connectivity index (χ0v) is 13.2. The monoisotopic (exact) mass is 393 g/mol. The fraction of sp³-hybridized carbons (Fsp3) is 0.125. The minimum atomic E-state index is -0.201. The van der Waals surface area contributed by atoms with Crippen LogP contribution in [0.15, 0.2) is 48.5 Å². The summed E-state index contributed by atoms with van der Waals surface area (Å²) in [5.41, 5.74) is 1.25. The average Bonchev–Trinajstić information content (AvgIpc) is 2.51. The van der Waals surface area contributed by atoms with Crippen LogP contribution in [0, 0.1) is 3.57 Å². The molecule has 0 radical (unpaired) electrons. The number of nitrogens with zero attached hydrogens (tertiary/aromatic N) is 1. The van der Waals surface area contributed by atoms with Gasteiger partial charge in [-0.05, 0) is 46.9 Å². The number of carbonyl (C=O) groups is 2. The maximum Gasteiger partial charge on any atom is 0.265 e. The van der Waals surface area contributed by atoms with Crippen molar-refractivity contribution in [3.8, 4) is 5.75 Å². The number of hydrogen-bond donors (Lipinski definition) is 0. The van der Waals surface area contributed by atoms with Crippen molar-refractivity contribution in [3.05, 3.63) is 57.7 Å². The molecule has 5 heteroatoms. The molecule has 0 saturated carbocycles. The largest absolute Gasteiger partial charge is 0.482 e. The van der Waals surface area contributed by atoms with Crippen LogP contribution in [0.3, 0.4) is 0 Å². The standard InChI is InChI=1S/C16H12INO3/c17-12-7-5-11(6-8-12)14(19)9-18-13-3-1-2-4-15(13)21-10-16(18)20/h1-8H,9-10H2. The predicted octanol–water partition coefficient (Wildman–Crippen LogP) is 2.90. The first-order valence-corrected chi connectivity index (χ1v) is 7.54. The third-order valence-electron chi connectivity index (χ3n) is 3.28. The van der Waals surface area contributed by atoms with Crippen LogP contribution in [-0.2, 0) is 4.79 Å². The fourth-order valence-corrected chi connectivity index (χ4v) is 2.56. The first-order chi connectivity index (χ1) is 10.1. The number of anilines is 1. The van der Waals surface area contributed by atoms with Gasteiger partial charge in [0.2, 0.25) is 0 Å². The van der Waals surface area contributed by atoms with Crippen LogP contribution < -0.4 is 9.64 Å². The molecule has 4 nitrogen and oxygen atoms in total. The number of ether oxygens (including phenoxy) is 1. The Kier molecular flexibility index (Phi) is 3.92. The molecule has 0 spiro atoms. The molecule has 0 aliphatic carbocycles. The van der Waals surface area contributed by atoms with Crippen molar-refractivity contribution >= 4 is 40.0 Å². The topological polar surface area (TPSA) is 46.6 Å². The molecule has 0 N–H and O–H groups in total. The van der Waals surface area contributed by atoms with E-state index >= 15 is 0 Å². The Bertz CT molecular complexity index is 697. The second-order valence-electron chi connectivity index (χ2n) is 4.67. The minimum Gasteiger partial charge on any atom is -0.482 e. The summed E-state index contributed by atoms with van der Waals surface area (Å²) >= 11 is 2.19. The Morgan fingerprint density at radius 3 is 2.62 bits per heavy atom. The van der Waals surface area contributed by atoms with E-state index in [1.807, 2.05) is 24.3 Å². The third kappa shape index (κ3) is 2.92. The SMILES string of the molecule is O=C(CN1C(=O)COc2ccccc21)c1ccc(I)cc1. The van der Waals surface area contributed by atoms with Gasteiger partial charge in [0.25, 0.3) is 5.91 Å². The first kappa shape index (κ1) is 14.1. The zero-order valence-electron chi connectivity index (χ0n) is 11.1. The number of fused-ring (bicyclic) bond motifs is 1. The number of benzene rings is 2. The summed E-state index contributed by atoms with van der Waals surface area (Å²) < 4.78 is 6.43. The molecule has 1 amide bonds. The van der Waals surface area contributed by atoms with Crippen LogP contribution in [0.1, 0.15) is 10.4 Å². The number of rotatable bonds is 3. The predicted molar refractivity (Wildman–Crippen MR) is 87.8 cm³/mol. The lowest BCUT2D eigenvalue weighted by molar-refractivity contribution is -0.121. The van der Waals surface area contributed by atoms with Crippen LogP contribution in [0.2, 0.25) is 0 Å². The van der Waals surface area contributed by atoms with E-state index in [0.717, 1.165) is 3.57 Å². The highest BCUT2D eigenvalue weighted by atomic mass is 127. The van der Waals surface area contributed by atoms with Crippen molar-refractivity contribution in [1.82, 2.24) is 0 Å². The number of Topliss-reactive ketones (excluding diaryl/α,β-unsaturated/α-hetero) is 1. The van der Waals surface area contributed by atoms with Gasteiger partial charge >= 0.3 is 0 Å². The number of ketones is 1. The summed E-state index contributed by atoms with van der Waals surface area (Å²) in [5, 5.41) is 0. The molecule has 0 bridgehead atoms. The van der Waals surface area contributed by atoms with Crippen LogP contribution in [0.25, 0.3) is 0 Å². The van der Waals surface area contributed by atoms with Gasteiger partial charge in [-0.3, -0.25) is 14.5 Å². The van der Waals surface area contributed by atoms with Gasteiger partial charge in [-0.2, -0.15) is 0 Å². The number of amides is 1. The van der Waals surface area contributed by atoms with E-state index in [2.05, 4.69) is 22.6 Å². The van der Waals surface area contributed by atoms with Crippen LogP contribution in [0.4, 0.5) is 5.69 Å². The maximum atomic E-state index is 12.3. The van der Waals surface area contributed by atoms with E-state index in [0.29, 0.717) is 17.0 Å². The Morgan fingerprint density at radius 1 is 1.14 bits per heavy atom. The van der Waals surface area contributed by atoms with Crippen molar-refractivity contribution in [2.75, 3.05) is 18.1 Å². The molecular formula is C16H12INO3. The fourth-order valence-electron chi connectivity index (χ4n) is 2.20. The van der Waals surface area contributed by atoms with Gasteiger partial charge in [-0.1, -0.05) is 24.3 Å². The number of para-hydroxylation sites is 2. The highest BCUT2D eigenvalue weighted by molar-refractivity contribution is 14.1. The molecule has 1 heterocycles. The second kappa shape index (κ2) is 5.85. The van der Waals surface area contributed by atoms with Crippen LogP contribution in [0.5, 0.6) is 5.75 Å². The average molecular weight is 393 g/mol. The lowest BCUT2D eigenvalue weighted by atomic mass is 10.1. The molecule has 106 valence electrons. The van der Waals surface area contributed by atoms with Crippen molar-refractivity contribution in [2.45, 2.75) is 0 Å². The summed E-state index contributed by atoms with van der Waals surface area (Å²) in [6.45, 7) is -0.00319. The van der Waals surface area contributed by atoms with E-state index in [1.54, 1.807) is 24.3 Å². The Balaban J connectivity index is 1.85. The molecule has 1 aliphatic heterocycles. The number of carbonyl (C=O) groups excluding carboxylic acids is 2. The summed E-state index contributed by atoms with van der Waals surface area (Å²) in [4.78, 5) is 25.9. The highest BCUT2D eigenvalue weighted by Gasteiger charge is 2.27. The van der Waals surface area contributed by atoms with Gasteiger partial charge in [0.05, 0.1) is 12.2 Å². The van der Waals surface area contributed by atoms with Crippen molar-refractivity contribution in [3.63, 3.8) is 0 Å².